The van der Waals surface area contributed by atoms with Gasteiger partial charge in [-0.15, -0.1) is 0 Å². The van der Waals surface area contributed by atoms with Crippen molar-refractivity contribution in [2.45, 2.75) is 45.2 Å². The topological polar surface area (TPSA) is 79.2 Å². The van der Waals surface area contributed by atoms with Crippen LogP contribution in [0, 0.1) is 0 Å². The highest BCUT2D eigenvalue weighted by Crippen LogP contribution is 2.26. The molecule has 0 saturated heterocycles. The average Bonchev–Trinajstić information content (AvgIpc) is 3.04. The molecule has 6 nitrogen and oxygen atoms in total. The Hall–Kier alpha value is -2.34. The van der Waals surface area contributed by atoms with E-state index in [0.29, 0.717) is 6.54 Å². The number of nitrogens with one attached hydrogen (secondary N) is 2. The van der Waals surface area contributed by atoms with Gasteiger partial charge in [-0.25, -0.2) is 4.79 Å². The number of aliphatic hydroxyl groups excluding tert-OH is 1. The minimum atomic E-state index is -0.486. The Morgan fingerprint density at radius 2 is 1.96 bits per heavy atom. The predicted molar refractivity (Wildman–Crippen MR) is 98.2 cm³/mol. The highest BCUT2D eigenvalue weighted by atomic mass is 16.3. The van der Waals surface area contributed by atoms with Crippen LogP contribution in [0.4, 0.5) is 4.79 Å². The van der Waals surface area contributed by atoms with Gasteiger partial charge in [0, 0.05) is 19.8 Å². The molecule has 0 aliphatic carbocycles. The SMILES string of the molecule is CCC(C)(C)c1ccc(CNC(=O)NC(CO)c2ccnn2C)cc1. The van der Waals surface area contributed by atoms with Gasteiger partial charge in [0.2, 0.25) is 0 Å². The fourth-order valence-corrected chi connectivity index (χ4v) is 2.61. The number of nitrogens with zero attached hydrogens (tertiary/aromatic N) is 2. The summed E-state index contributed by atoms with van der Waals surface area (Å²) >= 11 is 0. The fourth-order valence-electron chi connectivity index (χ4n) is 2.61. The Morgan fingerprint density at radius 1 is 1.28 bits per heavy atom. The van der Waals surface area contributed by atoms with Crippen LogP contribution in [0.1, 0.15) is 50.1 Å². The molecule has 6 heteroatoms. The van der Waals surface area contributed by atoms with Gasteiger partial charge in [0.05, 0.1) is 18.3 Å². The van der Waals surface area contributed by atoms with E-state index in [9.17, 15) is 9.90 Å². The Bertz CT molecular complexity index is 692. The molecule has 1 atom stereocenters. The summed E-state index contributed by atoms with van der Waals surface area (Å²) in [4.78, 5) is 12.1. The number of benzene rings is 1. The number of carbonyl (C=O) groups excluding carboxylic acids is 1. The van der Waals surface area contributed by atoms with Crippen molar-refractivity contribution in [2.75, 3.05) is 6.61 Å². The molecule has 0 fully saturated rings. The van der Waals surface area contributed by atoms with Gasteiger partial charge in [-0.3, -0.25) is 4.68 Å². The van der Waals surface area contributed by atoms with E-state index in [0.717, 1.165) is 17.7 Å². The maximum atomic E-state index is 12.1. The van der Waals surface area contributed by atoms with E-state index >= 15 is 0 Å². The summed E-state index contributed by atoms with van der Waals surface area (Å²) in [5.41, 5.74) is 3.23. The molecule has 1 heterocycles. The Balaban J connectivity index is 1.90. The van der Waals surface area contributed by atoms with Crippen LogP contribution in [-0.4, -0.2) is 27.5 Å². The summed E-state index contributed by atoms with van der Waals surface area (Å²) in [5, 5.41) is 19.1. The molecule has 2 amide bonds. The van der Waals surface area contributed by atoms with Crippen molar-refractivity contribution in [3.05, 3.63) is 53.3 Å². The molecule has 2 rings (SSSR count). The zero-order chi connectivity index (χ0) is 18.4. The fraction of sp³-hybridized carbons (Fsp3) is 0.474. The van der Waals surface area contributed by atoms with Gasteiger partial charge >= 0.3 is 6.03 Å². The first-order valence-corrected chi connectivity index (χ1v) is 8.60. The number of hydrogen-bond donors (Lipinski definition) is 3. The zero-order valence-electron chi connectivity index (χ0n) is 15.4. The van der Waals surface area contributed by atoms with Crippen molar-refractivity contribution < 1.29 is 9.90 Å². The summed E-state index contributed by atoms with van der Waals surface area (Å²) in [6, 6.07) is 9.28. The van der Waals surface area contributed by atoms with Gasteiger partial charge in [0.1, 0.15) is 0 Å². The number of rotatable bonds is 7. The largest absolute Gasteiger partial charge is 0.394 e. The van der Waals surface area contributed by atoms with Gasteiger partial charge in [0.25, 0.3) is 0 Å². The number of aryl methyl sites for hydroxylation is 1. The first-order chi connectivity index (χ1) is 11.9. The molecule has 0 spiro atoms. The molecular formula is C19H28N4O2. The molecule has 0 aliphatic heterocycles. The number of aromatic nitrogens is 2. The van der Waals surface area contributed by atoms with Crippen molar-refractivity contribution in [1.29, 1.82) is 0 Å². The lowest BCUT2D eigenvalue weighted by Crippen LogP contribution is -2.39. The molecule has 0 saturated carbocycles. The van der Waals surface area contributed by atoms with Gasteiger partial charge in [-0.1, -0.05) is 45.0 Å². The molecule has 0 radical (unpaired) electrons. The average molecular weight is 344 g/mol. The summed E-state index contributed by atoms with van der Waals surface area (Å²) < 4.78 is 1.63. The third kappa shape index (κ3) is 4.82. The van der Waals surface area contributed by atoms with Crippen molar-refractivity contribution in [1.82, 2.24) is 20.4 Å². The highest BCUT2D eigenvalue weighted by Gasteiger charge is 2.18. The second-order valence-electron chi connectivity index (χ2n) is 6.88. The maximum absolute atomic E-state index is 12.1. The van der Waals surface area contributed by atoms with Gasteiger partial charge in [0.15, 0.2) is 0 Å². The van der Waals surface area contributed by atoms with Gasteiger partial charge < -0.3 is 15.7 Å². The van der Waals surface area contributed by atoms with Crippen LogP contribution >= 0.6 is 0 Å². The second kappa shape index (κ2) is 8.16. The third-order valence-corrected chi connectivity index (χ3v) is 4.78. The lowest BCUT2D eigenvalue weighted by Gasteiger charge is -2.23. The molecule has 25 heavy (non-hydrogen) atoms. The smallest absolute Gasteiger partial charge is 0.315 e. The normalized spacial score (nSPS) is 12.7. The quantitative estimate of drug-likeness (QED) is 0.722. The Labute approximate surface area is 149 Å². The van der Waals surface area contributed by atoms with E-state index < -0.39 is 6.04 Å². The van der Waals surface area contributed by atoms with E-state index in [1.54, 1.807) is 24.0 Å². The predicted octanol–water partition coefficient (Wildman–Crippen LogP) is 2.64. The first kappa shape index (κ1) is 19.0. The lowest BCUT2D eigenvalue weighted by atomic mass is 9.82. The molecule has 0 bridgehead atoms. The molecule has 0 aliphatic rings. The standard InChI is InChI=1S/C19H28N4O2/c1-5-19(2,3)15-8-6-14(7-9-15)12-20-18(25)22-16(13-24)17-10-11-21-23(17)4/h6-11,16,24H,5,12-13H2,1-4H3,(H2,20,22,25). The molecule has 3 N–H and O–H groups in total. The van der Waals surface area contributed by atoms with Crippen molar-refractivity contribution in [3.8, 4) is 0 Å². The number of urea groups is 1. The third-order valence-electron chi connectivity index (χ3n) is 4.78. The van der Waals surface area contributed by atoms with Crippen LogP contribution in [0.3, 0.4) is 0 Å². The van der Waals surface area contributed by atoms with Crippen LogP contribution in [0.25, 0.3) is 0 Å². The van der Waals surface area contributed by atoms with Crippen LogP contribution in [0.2, 0.25) is 0 Å². The number of hydrogen-bond acceptors (Lipinski definition) is 3. The summed E-state index contributed by atoms with van der Waals surface area (Å²) in [7, 11) is 1.77. The maximum Gasteiger partial charge on any atom is 0.315 e. The van der Waals surface area contributed by atoms with E-state index in [1.165, 1.54) is 5.56 Å². The number of amides is 2. The summed E-state index contributed by atoms with van der Waals surface area (Å²) in [6.45, 7) is 6.87. The summed E-state index contributed by atoms with van der Waals surface area (Å²) in [6.07, 6.45) is 2.71. The monoisotopic (exact) mass is 344 g/mol. The zero-order valence-corrected chi connectivity index (χ0v) is 15.4. The summed E-state index contributed by atoms with van der Waals surface area (Å²) in [5.74, 6) is 0. The van der Waals surface area contributed by atoms with Crippen LogP contribution in [0.15, 0.2) is 36.5 Å². The highest BCUT2D eigenvalue weighted by molar-refractivity contribution is 5.74. The molecule has 2 aromatic rings. The molecule has 1 aromatic heterocycles. The minimum absolute atomic E-state index is 0.154. The van der Waals surface area contributed by atoms with Crippen molar-refractivity contribution in [2.24, 2.45) is 7.05 Å². The molecular weight excluding hydrogens is 316 g/mol. The van der Waals surface area contributed by atoms with Crippen LogP contribution < -0.4 is 10.6 Å². The van der Waals surface area contributed by atoms with Crippen molar-refractivity contribution >= 4 is 6.03 Å². The molecule has 1 aromatic carbocycles. The minimum Gasteiger partial charge on any atom is -0.394 e. The van der Waals surface area contributed by atoms with E-state index in [-0.39, 0.29) is 18.1 Å². The van der Waals surface area contributed by atoms with Gasteiger partial charge in [-0.2, -0.15) is 5.10 Å². The van der Waals surface area contributed by atoms with E-state index in [2.05, 4.69) is 48.6 Å². The lowest BCUT2D eigenvalue weighted by molar-refractivity contribution is 0.214. The van der Waals surface area contributed by atoms with E-state index in [4.69, 9.17) is 0 Å². The molecule has 1 unspecified atom stereocenters. The first-order valence-electron chi connectivity index (χ1n) is 8.60. The second-order valence-corrected chi connectivity index (χ2v) is 6.88. The van der Waals surface area contributed by atoms with Crippen LogP contribution in [-0.2, 0) is 19.0 Å². The Kier molecular flexibility index (Phi) is 6.20. The molecule has 136 valence electrons. The Morgan fingerprint density at radius 3 is 2.48 bits per heavy atom. The van der Waals surface area contributed by atoms with Crippen LogP contribution in [0.5, 0.6) is 0 Å². The van der Waals surface area contributed by atoms with E-state index in [1.807, 2.05) is 12.1 Å². The number of aliphatic hydroxyl groups is 1. The van der Waals surface area contributed by atoms with Gasteiger partial charge in [-0.05, 0) is 29.0 Å². The number of carbonyl (C=O) groups is 1. The van der Waals surface area contributed by atoms with Crippen molar-refractivity contribution in [3.63, 3.8) is 0 Å².